The molecule has 1 N–H and O–H groups in total. The molecule has 1 atom stereocenters. The van der Waals surface area contributed by atoms with Gasteiger partial charge < -0.3 is 10.0 Å². The molecule has 0 aliphatic carbocycles. The molecule has 51 heavy (non-hydrogen) atoms. The van der Waals surface area contributed by atoms with Crippen molar-refractivity contribution < 1.29 is 30.0 Å². The van der Waals surface area contributed by atoms with E-state index in [1.807, 2.05) is 30.5 Å². The first kappa shape index (κ1) is 37.3. The fourth-order valence-electron chi connectivity index (χ4n) is 6.42. The number of aromatic nitrogens is 3. The zero-order valence-electron chi connectivity index (χ0n) is 30.0. The molecular formula is C44H42IrN4O2-2. The van der Waals surface area contributed by atoms with E-state index in [1.54, 1.807) is 12.1 Å². The summed E-state index contributed by atoms with van der Waals surface area (Å²) in [6, 6.07) is 43.8. The number of pyridine rings is 3. The van der Waals surface area contributed by atoms with E-state index in [0.717, 1.165) is 45.1 Å². The summed E-state index contributed by atoms with van der Waals surface area (Å²) in [7, 11) is 2.18. The minimum absolute atomic E-state index is 0. The van der Waals surface area contributed by atoms with Gasteiger partial charge in [-0.3, -0.25) is 9.97 Å². The number of carbonyl (C=O) groups is 1. The van der Waals surface area contributed by atoms with E-state index in [-0.39, 0.29) is 36.6 Å². The largest absolute Gasteiger partial charge is 0.477 e. The molecule has 0 saturated carbocycles. The number of aromatic carboxylic acids is 1. The molecule has 0 fully saturated rings. The number of carboxylic acids is 1. The smallest absolute Gasteiger partial charge is 0.354 e. The summed E-state index contributed by atoms with van der Waals surface area (Å²) in [6.07, 6.45) is 3.33. The monoisotopic (exact) mass is 851 g/mol. The maximum absolute atomic E-state index is 10.1. The van der Waals surface area contributed by atoms with Crippen LogP contribution in [-0.4, -0.2) is 33.1 Å². The molecule has 261 valence electrons. The molecule has 3 aromatic heterocycles. The summed E-state index contributed by atoms with van der Waals surface area (Å²) < 4.78 is 0. The number of rotatable bonds is 4. The third kappa shape index (κ3) is 7.28. The molecule has 6 aromatic rings. The van der Waals surface area contributed by atoms with Crippen LogP contribution in [0.15, 0.2) is 122 Å². The van der Waals surface area contributed by atoms with E-state index in [0.29, 0.717) is 0 Å². The molecule has 0 saturated heterocycles. The fourth-order valence-corrected chi connectivity index (χ4v) is 6.42. The average Bonchev–Trinajstić information content (AvgIpc) is 3.12. The Morgan fingerprint density at radius 2 is 1.39 bits per heavy atom. The third-order valence-corrected chi connectivity index (χ3v) is 9.20. The van der Waals surface area contributed by atoms with Crippen LogP contribution in [-0.2, 0) is 36.4 Å². The summed E-state index contributed by atoms with van der Waals surface area (Å²) in [6.45, 7) is 13.6. The molecule has 4 heterocycles. The second-order valence-electron chi connectivity index (χ2n) is 14.6. The van der Waals surface area contributed by atoms with Crippen molar-refractivity contribution in [3.8, 4) is 11.3 Å². The summed E-state index contributed by atoms with van der Waals surface area (Å²) >= 11 is 0. The first-order valence-corrected chi connectivity index (χ1v) is 16.8. The molecular weight excluding hydrogens is 809 g/mol. The molecule has 7 heteroatoms. The van der Waals surface area contributed by atoms with Gasteiger partial charge in [0, 0.05) is 43.9 Å². The van der Waals surface area contributed by atoms with Crippen LogP contribution in [0.5, 0.6) is 0 Å². The molecule has 0 amide bonds. The van der Waals surface area contributed by atoms with E-state index in [2.05, 4.69) is 137 Å². The minimum atomic E-state index is -0.990. The first-order chi connectivity index (χ1) is 23.8. The van der Waals surface area contributed by atoms with Gasteiger partial charge in [-0.25, -0.2) is 9.78 Å². The Balaban J connectivity index is 0.000000441. The standard InChI is InChI=1S/C38H37N3.C6H5NO2.Ir/c1-36(2,3)27-19-21-29-32(24-27)41(7)33-25-28(37(4,5)6)20-22-30(33)38(29,34-17-11-12-23-39-34)35-18-13-16-31(40-35)26-14-9-8-10-15-26;8-6(9)5-3-1-2-4-7-5;/h8-14,16-21,23-25H,1-7H3;1-4H,(H,8,9);/q-2;;/t38-;;/m0../s1. The summed E-state index contributed by atoms with van der Waals surface area (Å²) in [5.74, 6) is -0.990. The van der Waals surface area contributed by atoms with Gasteiger partial charge in [0.05, 0.1) is 11.1 Å². The number of hydrogen-bond donors (Lipinski definition) is 1. The number of benzene rings is 3. The number of hydrogen-bond acceptors (Lipinski definition) is 5. The van der Waals surface area contributed by atoms with Gasteiger partial charge >= 0.3 is 5.97 Å². The quantitative estimate of drug-likeness (QED) is 0.178. The van der Waals surface area contributed by atoms with Gasteiger partial charge in [-0.2, -0.15) is 12.1 Å². The number of nitrogens with zero attached hydrogens (tertiary/aromatic N) is 4. The molecule has 1 aliphatic rings. The van der Waals surface area contributed by atoms with Crippen LogP contribution in [0.1, 0.15) is 85.7 Å². The van der Waals surface area contributed by atoms with Crippen molar-refractivity contribution in [3.05, 3.63) is 173 Å². The Bertz CT molecular complexity index is 2060. The van der Waals surface area contributed by atoms with Crippen molar-refractivity contribution in [1.82, 2.24) is 15.0 Å². The van der Waals surface area contributed by atoms with Gasteiger partial charge in [-0.1, -0.05) is 89.0 Å². The Morgan fingerprint density at radius 1 is 0.725 bits per heavy atom. The fraction of sp³-hybridized carbons (Fsp3) is 0.227. The van der Waals surface area contributed by atoms with E-state index in [4.69, 9.17) is 15.1 Å². The van der Waals surface area contributed by atoms with Gasteiger partial charge in [0.2, 0.25) is 0 Å². The molecule has 0 bridgehead atoms. The van der Waals surface area contributed by atoms with Crippen LogP contribution in [0.4, 0.5) is 11.4 Å². The van der Waals surface area contributed by atoms with E-state index in [9.17, 15) is 4.79 Å². The summed E-state index contributed by atoms with van der Waals surface area (Å²) in [5.41, 5.74) is 10.0. The SMILES string of the molecule is CN1c2cc(C(C)(C)C)c[c-]c2[C@@](c2ccccn2)(c2cccc(-c3[c-]cccc3)n2)c2ccc(C(C)(C)C)cc21.O=C(O)c1ccccn1.[Ir]. The van der Waals surface area contributed by atoms with Crippen LogP contribution in [0.25, 0.3) is 11.3 Å². The van der Waals surface area contributed by atoms with Crippen LogP contribution in [0.2, 0.25) is 0 Å². The second-order valence-corrected chi connectivity index (χ2v) is 14.6. The molecule has 6 nitrogen and oxygen atoms in total. The number of fused-ring (bicyclic) bond motifs is 2. The first-order valence-electron chi connectivity index (χ1n) is 16.8. The summed E-state index contributed by atoms with van der Waals surface area (Å²) in [5, 5.41) is 8.32. The van der Waals surface area contributed by atoms with Gasteiger partial charge in [0.1, 0.15) is 5.69 Å². The molecule has 7 rings (SSSR count). The number of carboxylic acid groups (broad SMARTS) is 1. The molecule has 1 aliphatic heterocycles. The molecule has 1 radical (unpaired) electrons. The maximum Gasteiger partial charge on any atom is 0.354 e. The van der Waals surface area contributed by atoms with Crippen molar-refractivity contribution in [2.45, 2.75) is 57.8 Å². The van der Waals surface area contributed by atoms with E-state index in [1.165, 1.54) is 23.4 Å². The zero-order valence-corrected chi connectivity index (χ0v) is 32.4. The Kier molecular flexibility index (Phi) is 10.8. The van der Waals surface area contributed by atoms with Crippen molar-refractivity contribution in [1.29, 1.82) is 0 Å². The summed E-state index contributed by atoms with van der Waals surface area (Å²) in [4.78, 5) is 26.5. The van der Waals surface area contributed by atoms with Crippen LogP contribution in [0, 0.1) is 12.1 Å². The van der Waals surface area contributed by atoms with Crippen molar-refractivity contribution in [2.75, 3.05) is 11.9 Å². The van der Waals surface area contributed by atoms with Crippen molar-refractivity contribution in [2.24, 2.45) is 0 Å². The van der Waals surface area contributed by atoms with E-state index >= 15 is 0 Å². The van der Waals surface area contributed by atoms with Gasteiger partial charge in [0.15, 0.2) is 0 Å². The zero-order chi connectivity index (χ0) is 35.7. The molecule has 3 aromatic carbocycles. The normalized spacial score (nSPS) is 15.0. The predicted molar refractivity (Wildman–Crippen MR) is 200 cm³/mol. The topological polar surface area (TPSA) is 79.2 Å². The predicted octanol–water partition coefficient (Wildman–Crippen LogP) is 9.58. The van der Waals surface area contributed by atoms with Crippen LogP contribution < -0.4 is 4.90 Å². The number of anilines is 2. The average molecular weight is 851 g/mol. The Labute approximate surface area is 315 Å². The van der Waals surface area contributed by atoms with Gasteiger partial charge in [-0.05, 0) is 65.7 Å². The Hall–Kier alpha value is -4.97. The van der Waals surface area contributed by atoms with Gasteiger partial charge in [0.25, 0.3) is 0 Å². The van der Waals surface area contributed by atoms with Crippen LogP contribution >= 0.6 is 0 Å². The molecule has 0 spiro atoms. The Morgan fingerprint density at radius 3 is 1.98 bits per heavy atom. The van der Waals surface area contributed by atoms with Crippen LogP contribution in [0.3, 0.4) is 0 Å². The van der Waals surface area contributed by atoms with Crippen molar-refractivity contribution >= 4 is 17.3 Å². The molecule has 0 unspecified atom stereocenters. The minimum Gasteiger partial charge on any atom is -0.477 e. The van der Waals surface area contributed by atoms with Crippen molar-refractivity contribution in [3.63, 3.8) is 0 Å². The third-order valence-electron chi connectivity index (χ3n) is 9.20. The second kappa shape index (κ2) is 14.7. The van der Waals surface area contributed by atoms with Gasteiger partial charge in [-0.15, -0.1) is 53.1 Å². The van der Waals surface area contributed by atoms with E-state index < -0.39 is 11.4 Å². The maximum atomic E-state index is 10.1.